The van der Waals surface area contributed by atoms with Crippen LogP contribution in [0.2, 0.25) is 0 Å². The number of hydrogen-bond donors (Lipinski definition) is 0. The molecule has 1 amide bonds. The van der Waals surface area contributed by atoms with Gasteiger partial charge in [0.05, 0.1) is 19.3 Å². The molecule has 8 heteroatoms. The fraction of sp³-hybridized carbons (Fsp3) is 0.556. The Balaban J connectivity index is 1.36. The van der Waals surface area contributed by atoms with Gasteiger partial charge in [-0.25, -0.2) is 0 Å². The van der Waals surface area contributed by atoms with E-state index in [-0.39, 0.29) is 18.2 Å². The quantitative estimate of drug-likeness (QED) is 0.805. The van der Waals surface area contributed by atoms with E-state index in [9.17, 15) is 4.79 Å². The van der Waals surface area contributed by atoms with Crippen LogP contribution in [0.25, 0.3) is 11.4 Å². The summed E-state index contributed by atoms with van der Waals surface area (Å²) >= 11 is 0. The van der Waals surface area contributed by atoms with Crippen LogP contribution in [0.3, 0.4) is 0 Å². The SMILES string of the molecule is O=C(CCc1nc(-c2cccnc2)no1)N1CCCCC1C1OCCO1. The van der Waals surface area contributed by atoms with Gasteiger partial charge in [-0.05, 0) is 31.4 Å². The smallest absolute Gasteiger partial charge is 0.227 e. The number of aromatic nitrogens is 3. The maximum Gasteiger partial charge on any atom is 0.227 e. The lowest BCUT2D eigenvalue weighted by molar-refractivity contribution is -0.150. The molecule has 1 atom stereocenters. The van der Waals surface area contributed by atoms with Gasteiger partial charge in [-0.2, -0.15) is 4.98 Å². The molecule has 2 aromatic rings. The Labute approximate surface area is 151 Å². The lowest BCUT2D eigenvalue weighted by Crippen LogP contribution is -2.50. The molecule has 2 fully saturated rings. The minimum Gasteiger partial charge on any atom is -0.348 e. The molecule has 26 heavy (non-hydrogen) atoms. The number of pyridine rings is 1. The van der Waals surface area contributed by atoms with Gasteiger partial charge >= 0.3 is 0 Å². The zero-order valence-corrected chi connectivity index (χ0v) is 14.5. The van der Waals surface area contributed by atoms with Crippen LogP contribution >= 0.6 is 0 Å². The fourth-order valence-electron chi connectivity index (χ4n) is 3.47. The van der Waals surface area contributed by atoms with Gasteiger partial charge in [0.15, 0.2) is 6.29 Å². The maximum absolute atomic E-state index is 12.7. The summed E-state index contributed by atoms with van der Waals surface area (Å²) in [5.41, 5.74) is 0.792. The van der Waals surface area contributed by atoms with Crippen LogP contribution in [0.1, 0.15) is 31.6 Å². The highest BCUT2D eigenvalue weighted by Gasteiger charge is 2.36. The highest BCUT2D eigenvalue weighted by Crippen LogP contribution is 2.25. The van der Waals surface area contributed by atoms with E-state index >= 15 is 0 Å². The van der Waals surface area contributed by atoms with Crippen LogP contribution in [0, 0.1) is 0 Å². The molecule has 138 valence electrons. The molecule has 0 N–H and O–H groups in total. The van der Waals surface area contributed by atoms with E-state index in [1.54, 1.807) is 12.4 Å². The summed E-state index contributed by atoms with van der Waals surface area (Å²) in [6, 6.07) is 3.69. The molecule has 2 saturated heterocycles. The number of ether oxygens (including phenoxy) is 2. The second-order valence-corrected chi connectivity index (χ2v) is 6.51. The van der Waals surface area contributed by atoms with Gasteiger partial charge in [-0.3, -0.25) is 9.78 Å². The molecule has 0 radical (unpaired) electrons. The topological polar surface area (TPSA) is 90.6 Å². The van der Waals surface area contributed by atoms with Crippen molar-refractivity contribution in [2.24, 2.45) is 0 Å². The first-order valence-electron chi connectivity index (χ1n) is 9.07. The van der Waals surface area contributed by atoms with Gasteiger partial charge in [0.2, 0.25) is 17.6 Å². The Bertz CT molecular complexity index is 730. The lowest BCUT2D eigenvalue weighted by Gasteiger charge is -2.38. The largest absolute Gasteiger partial charge is 0.348 e. The number of hydrogen-bond acceptors (Lipinski definition) is 7. The van der Waals surface area contributed by atoms with Crippen molar-refractivity contribution in [2.75, 3.05) is 19.8 Å². The van der Waals surface area contributed by atoms with E-state index in [1.165, 1.54) is 0 Å². The van der Waals surface area contributed by atoms with Crippen molar-refractivity contribution >= 4 is 5.91 Å². The van der Waals surface area contributed by atoms with Crippen molar-refractivity contribution < 1.29 is 18.8 Å². The monoisotopic (exact) mass is 358 g/mol. The molecule has 4 heterocycles. The van der Waals surface area contributed by atoms with Gasteiger partial charge in [-0.1, -0.05) is 5.16 Å². The van der Waals surface area contributed by atoms with E-state index in [4.69, 9.17) is 14.0 Å². The van der Waals surface area contributed by atoms with Crippen LogP contribution in [0.15, 0.2) is 29.0 Å². The Hall–Kier alpha value is -2.32. The first-order valence-corrected chi connectivity index (χ1v) is 9.07. The molecule has 2 aliphatic heterocycles. The van der Waals surface area contributed by atoms with Gasteiger partial charge in [0.25, 0.3) is 0 Å². The van der Waals surface area contributed by atoms with Crippen LogP contribution in [-0.4, -0.2) is 58.0 Å². The summed E-state index contributed by atoms with van der Waals surface area (Å²) in [6.45, 7) is 1.95. The highest BCUT2D eigenvalue weighted by atomic mass is 16.7. The molecule has 8 nitrogen and oxygen atoms in total. The Kier molecular flexibility index (Phi) is 5.21. The summed E-state index contributed by atoms with van der Waals surface area (Å²) in [7, 11) is 0. The summed E-state index contributed by atoms with van der Waals surface area (Å²) in [6.07, 6.45) is 6.85. The molecule has 0 aliphatic carbocycles. The van der Waals surface area contributed by atoms with Crippen LogP contribution in [0.5, 0.6) is 0 Å². The number of likely N-dealkylation sites (tertiary alicyclic amines) is 1. The Morgan fingerprint density at radius 1 is 1.27 bits per heavy atom. The first-order chi connectivity index (χ1) is 12.8. The highest BCUT2D eigenvalue weighted by molar-refractivity contribution is 5.76. The predicted octanol–water partition coefficient (Wildman–Crippen LogP) is 1.82. The van der Waals surface area contributed by atoms with E-state index in [0.29, 0.717) is 37.8 Å². The molecule has 2 aliphatic rings. The molecular weight excluding hydrogens is 336 g/mol. The van der Waals surface area contributed by atoms with Crippen molar-refractivity contribution in [1.29, 1.82) is 0 Å². The first kappa shape index (κ1) is 17.1. The standard InChI is InChI=1S/C18H22N4O4/c23-16(22-9-2-1-5-14(22)18-24-10-11-25-18)7-6-15-20-17(21-26-15)13-4-3-8-19-12-13/h3-4,8,12,14,18H,1-2,5-7,9-11H2. The van der Waals surface area contributed by atoms with Crippen LogP contribution in [0.4, 0.5) is 0 Å². The summed E-state index contributed by atoms with van der Waals surface area (Å²) in [4.78, 5) is 23.0. The van der Waals surface area contributed by atoms with E-state index in [0.717, 1.165) is 31.4 Å². The molecule has 2 aromatic heterocycles. The number of aryl methyl sites for hydroxylation is 1. The summed E-state index contributed by atoms with van der Waals surface area (Å²) in [5.74, 6) is 1.03. The van der Waals surface area contributed by atoms with Crippen molar-refractivity contribution in [3.63, 3.8) is 0 Å². The molecule has 0 bridgehead atoms. The Morgan fingerprint density at radius 3 is 2.96 bits per heavy atom. The van der Waals surface area contributed by atoms with Crippen molar-refractivity contribution in [3.8, 4) is 11.4 Å². The van der Waals surface area contributed by atoms with Crippen molar-refractivity contribution in [2.45, 2.75) is 44.4 Å². The van der Waals surface area contributed by atoms with Gasteiger partial charge in [0.1, 0.15) is 0 Å². The van der Waals surface area contributed by atoms with Crippen molar-refractivity contribution in [1.82, 2.24) is 20.0 Å². The third kappa shape index (κ3) is 3.76. The normalized spacial score (nSPS) is 21.2. The zero-order chi connectivity index (χ0) is 17.8. The number of piperidine rings is 1. The third-order valence-corrected chi connectivity index (χ3v) is 4.77. The minimum atomic E-state index is -0.292. The van der Waals surface area contributed by atoms with Crippen LogP contribution in [-0.2, 0) is 20.7 Å². The molecule has 0 spiro atoms. The van der Waals surface area contributed by atoms with Gasteiger partial charge < -0.3 is 18.9 Å². The van der Waals surface area contributed by atoms with E-state index < -0.39 is 0 Å². The number of carbonyl (C=O) groups is 1. The number of nitrogens with zero attached hydrogens (tertiary/aromatic N) is 4. The third-order valence-electron chi connectivity index (χ3n) is 4.77. The lowest BCUT2D eigenvalue weighted by atomic mass is 10.0. The fourth-order valence-corrected chi connectivity index (χ4v) is 3.47. The molecule has 0 saturated carbocycles. The van der Waals surface area contributed by atoms with Gasteiger partial charge in [0, 0.05) is 37.3 Å². The average molecular weight is 358 g/mol. The average Bonchev–Trinajstić information content (AvgIpc) is 3.39. The number of rotatable bonds is 5. The number of carbonyl (C=O) groups excluding carboxylic acids is 1. The maximum atomic E-state index is 12.7. The Morgan fingerprint density at radius 2 is 2.15 bits per heavy atom. The second kappa shape index (κ2) is 7.92. The molecule has 1 unspecified atom stereocenters. The molecular formula is C18H22N4O4. The van der Waals surface area contributed by atoms with Gasteiger partial charge in [-0.15, -0.1) is 0 Å². The van der Waals surface area contributed by atoms with Crippen molar-refractivity contribution in [3.05, 3.63) is 30.4 Å². The van der Waals surface area contributed by atoms with E-state index in [2.05, 4.69) is 15.1 Å². The molecule has 0 aromatic carbocycles. The number of amides is 1. The second-order valence-electron chi connectivity index (χ2n) is 6.51. The predicted molar refractivity (Wildman–Crippen MR) is 90.9 cm³/mol. The van der Waals surface area contributed by atoms with E-state index in [1.807, 2.05) is 17.0 Å². The molecule has 4 rings (SSSR count). The summed E-state index contributed by atoms with van der Waals surface area (Å²) < 4.78 is 16.5. The summed E-state index contributed by atoms with van der Waals surface area (Å²) in [5, 5.41) is 3.96. The minimum absolute atomic E-state index is 0.00684. The van der Waals surface area contributed by atoms with Crippen LogP contribution < -0.4 is 0 Å². The zero-order valence-electron chi connectivity index (χ0n) is 14.5.